The van der Waals surface area contributed by atoms with E-state index in [-0.39, 0.29) is 5.92 Å². The molecule has 0 saturated carbocycles. The van der Waals surface area contributed by atoms with Gasteiger partial charge in [0, 0.05) is 0 Å². The zero-order valence-electron chi connectivity index (χ0n) is 13.6. The molecule has 0 N–H and O–H groups in total. The third-order valence-corrected chi connectivity index (χ3v) is 3.14. The Kier molecular flexibility index (Phi) is 6.63. The Morgan fingerprint density at radius 1 is 0.957 bits per heavy atom. The number of benzene rings is 2. The van der Waals surface area contributed by atoms with Gasteiger partial charge in [0.1, 0.15) is 6.61 Å². The smallest absolute Gasteiger partial charge is 0.434 e. The summed E-state index contributed by atoms with van der Waals surface area (Å²) < 4.78 is 5.29. The van der Waals surface area contributed by atoms with Gasteiger partial charge >= 0.3 is 6.09 Å². The number of carbonyl (C=O) groups excluding carboxylic acids is 1. The van der Waals surface area contributed by atoms with Gasteiger partial charge in [0.2, 0.25) is 0 Å². The van der Waals surface area contributed by atoms with Crippen molar-refractivity contribution >= 4 is 6.09 Å². The monoisotopic (exact) mass is 313 g/mol. The highest BCUT2D eigenvalue weighted by Crippen LogP contribution is 2.10. The molecule has 2 aromatic rings. The van der Waals surface area contributed by atoms with Crippen molar-refractivity contribution in [2.45, 2.75) is 27.0 Å². The average molecular weight is 313 g/mol. The van der Waals surface area contributed by atoms with Crippen LogP contribution in [-0.2, 0) is 22.7 Å². The summed E-state index contributed by atoms with van der Waals surface area (Å²) in [6, 6.07) is 19.5. The summed E-state index contributed by atoms with van der Waals surface area (Å²) in [4.78, 5) is 17.9. The number of carbonyl (C=O) groups is 1. The van der Waals surface area contributed by atoms with Crippen LogP contribution in [0.2, 0.25) is 0 Å². The molecule has 0 aliphatic rings. The van der Waals surface area contributed by atoms with Gasteiger partial charge in [0.25, 0.3) is 0 Å². The van der Waals surface area contributed by atoms with Gasteiger partial charge in [-0.1, -0.05) is 74.5 Å². The first-order valence-corrected chi connectivity index (χ1v) is 7.80. The topological polar surface area (TPSA) is 38.8 Å². The van der Waals surface area contributed by atoms with Crippen LogP contribution in [0.5, 0.6) is 0 Å². The Balaban J connectivity index is 1.99. The predicted molar refractivity (Wildman–Crippen MR) is 89.4 cm³/mol. The standard InChI is InChI=1S/C19H23NO3/c1-16(2)14-22-19(21)20(13-17-9-5-3-6-10-17)23-15-18-11-7-4-8-12-18/h3-12,16H,13-15H2,1-2H3. The lowest BCUT2D eigenvalue weighted by atomic mass is 10.2. The third kappa shape index (κ3) is 6.12. The molecule has 0 aromatic heterocycles. The maximum Gasteiger partial charge on any atom is 0.434 e. The van der Waals surface area contributed by atoms with Crippen molar-refractivity contribution in [1.29, 1.82) is 0 Å². The summed E-state index contributed by atoms with van der Waals surface area (Å²) in [6.45, 7) is 5.05. The van der Waals surface area contributed by atoms with E-state index in [0.717, 1.165) is 11.1 Å². The van der Waals surface area contributed by atoms with E-state index in [1.165, 1.54) is 5.06 Å². The van der Waals surface area contributed by atoms with Gasteiger partial charge < -0.3 is 4.74 Å². The molecule has 0 unspecified atom stereocenters. The molecule has 0 heterocycles. The summed E-state index contributed by atoms with van der Waals surface area (Å²) in [5.74, 6) is 0.284. The number of hydroxylamine groups is 2. The molecule has 0 spiro atoms. The summed E-state index contributed by atoms with van der Waals surface area (Å²) in [5, 5.41) is 1.28. The number of amides is 1. The van der Waals surface area contributed by atoms with E-state index in [2.05, 4.69) is 0 Å². The van der Waals surface area contributed by atoms with Crippen molar-refractivity contribution in [2.24, 2.45) is 5.92 Å². The third-order valence-electron chi connectivity index (χ3n) is 3.14. The maximum absolute atomic E-state index is 12.3. The minimum Gasteiger partial charge on any atom is -0.448 e. The van der Waals surface area contributed by atoms with Crippen molar-refractivity contribution in [3.05, 3.63) is 71.8 Å². The van der Waals surface area contributed by atoms with Gasteiger partial charge in [0.15, 0.2) is 0 Å². The predicted octanol–water partition coefficient (Wildman–Crippen LogP) is 4.41. The van der Waals surface area contributed by atoms with Crippen LogP contribution in [0, 0.1) is 5.92 Å². The van der Waals surface area contributed by atoms with Crippen molar-refractivity contribution in [3.63, 3.8) is 0 Å². The van der Waals surface area contributed by atoms with Crippen molar-refractivity contribution in [1.82, 2.24) is 5.06 Å². The summed E-state index contributed by atoms with van der Waals surface area (Å²) in [7, 11) is 0. The Bertz CT molecular complexity index is 584. The van der Waals surface area contributed by atoms with Crippen molar-refractivity contribution in [2.75, 3.05) is 6.61 Å². The van der Waals surface area contributed by atoms with Crippen LogP contribution in [0.15, 0.2) is 60.7 Å². The van der Waals surface area contributed by atoms with Gasteiger partial charge in [-0.3, -0.25) is 4.84 Å². The molecule has 0 saturated heterocycles. The quantitative estimate of drug-likeness (QED) is 0.711. The number of rotatable bonds is 7. The molecule has 0 aliphatic heterocycles. The molecule has 0 atom stereocenters. The molecule has 23 heavy (non-hydrogen) atoms. The van der Waals surface area contributed by atoms with Gasteiger partial charge in [0.05, 0.1) is 13.2 Å². The molecule has 0 fully saturated rings. The fourth-order valence-corrected chi connectivity index (χ4v) is 1.95. The fraction of sp³-hybridized carbons (Fsp3) is 0.316. The van der Waals surface area contributed by atoms with Gasteiger partial charge in [-0.15, -0.1) is 0 Å². The van der Waals surface area contributed by atoms with Crippen molar-refractivity contribution in [3.8, 4) is 0 Å². The highest BCUT2D eigenvalue weighted by atomic mass is 16.7. The van der Waals surface area contributed by atoms with E-state index in [1.807, 2.05) is 74.5 Å². The first kappa shape index (κ1) is 17.0. The highest BCUT2D eigenvalue weighted by molar-refractivity contribution is 5.66. The lowest BCUT2D eigenvalue weighted by molar-refractivity contribution is -0.153. The molecule has 0 aliphatic carbocycles. The molecule has 0 radical (unpaired) electrons. The molecule has 2 aromatic carbocycles. The second kappa shape index (κ2) is 8.96. The number of ether oxygens (including phenoxy) is 1. The lowest BCUT2D eigenvalue weighted by Gasteiger charge is -2.22. The SMILES string of the molecule is CC(C)COC(=O)N(Cc1ccccc1)OCc1ccccc1. The molecule has 122 valence electrons. The van der Waals surface area contributed by atoms with E-state index in [0.29, 0.717) is 19.8 Å². The number of nitrogens with zero attached hydrogens (tertiary/aromatic N) is 1. The molecule has 1 amide bonds. The second-order valence-electron chi connectivity index (χ2n) is 5.75. The van der Waals surface area contributed by atoms with E-state index >= 15 is 0 Å². The van der Waals surface area contributed by atoms with Crippen LogP contribution < -0.4 is 0 Å². The van der Waals surface area contributed by atoms with E-state index in [1.54, 1.807) is 0 Å². The summed E-state index contributed by atoms with van der Waals surface area (Å²) >= 11 is 0. The minimum atomic E-state index is -0.460. The summed E-state index contributed by atoms with van der Waals surface area (Å²) in [6.07, 6.45) is -0.460. The van der Waals surface area contributed by atoms with E-state index in [9.17, 15) is 4.79 Å². The maximum atomic E-state index is 12.3. The molecule has 0 bridgehead atoms. The van der Waals surface area contributed by atoms with E-state index < -0.39 is 6.09 Å². The molecule has 4 nitrogen and oxygen atoms in total. The van der Waals surface area contributed by atoms with Crippen LogP contribution in [0.1, 0.15) is 25.0 Å². The van der Waals surface area contributed by atoms with Gasteiger partial charge in [-0.25, -0.2) is 4.79 Å². The average Bonchev–Trinajstić information content (AvgIpc) is 2.58. The summed E-state index contributed by atoms with van der Waals surface area (Å²) in [5.41, 5.74) is 1.99. The largest absolute Gasteiger partial charge is 0.448 e. The Morgan fingerprint density at radius 3 is 2.09 bits per heavy atom. The lowest BCUT2D eigenvalue weighted by Crippen LogP contribution is -2.32. The highest BCUT2D eigenvalue weighted by Gasteiger charge is 2.17. The van der Waals surface area contributed by atoms with Crippen LogP contribution in [0.25, 0.3) is 0 Å². The second-order valence-corrected chi connectivity index (χ2v) is 5.75. The fourth-order valence-electron chi connectivity index (χ4n) is 1.95. The normalized spacial score (nSPS) is 10.6. The Morgan fingerprint density at radius 2 is 1.52 bits per heavy atom. The molecule has 2 rings (SSSR count). The van der Waals surface area contributed by atoms with Gasteiger partial charge in [-0.2, -0.15) is 5.06 Å². The first-order valence-electron chi connectivity index (χ1n) is 7.80. The molecule has 4 heteroatoms. The Hall–Kier alpha value is -2.33. The van der Waals surface area contributed by atoms with Crippen molar-refractivity contribution < 1.29 is 14.4 Å². The molecular formula is C19H23NO3. The van der Waals surface area contributed by atoms with E-state index in [4.69, 9.17) is 9.57 Å². The first-order chi connectivity index (χ1) is 11.1. The van der Waals surface area contributed by atoms with Crippen LogP contribution in [0.4, 0.5) is 4.79 Å². The minimum absolute atomic E-state index is 0.284. The van der Waals surface area contributed by atoms with Crippen LogP contribution in [-0.4, -0.2) is 17.8 Å². The van der Waals surface area contributed by atoms with Gasteiger partial charge in [-0.05, 0) is 17.0 Å². The zero-order valence-corrected chi connectivity index (χ0v) is 13.6. The molecular weight excluding hydrogens is 290 g/mol. The Labute approximate surface area is 137 Å². The van der Waals surface area contributed by atoms with Crippen LogP contribution in [0.3, 0.4) is 0 Å². The number of hydrogen-bond acceptors (Lipinski definition) is 3. The zero-order chi connectivity index (χ0) is 16.5. The van der Waals surface area contributed by atoms with Crippen LogP contribution >= 0.6 is 0 Å². The number of hydrogen-bond donors (Lipinski definition) is 0.